The van der Waals surface area contributed by atoms with Crippen LogP contribution in [0.15, 0.2) is 24.3 Å². The average molecular weight is 307 g/mol. The second kappa shape index (κ2) is 8.17. The zero-order valence-electron chi connectivity index (χ0n) is 13.2. The first-order valence-corrected chi connectivity index (χ1v) is 6.96. The third-order valence-corrected chi connectivity index (χ3v) is 3.04. The van der Waals surface area contributed by atoms with Gasteiger partial charge in [-0.2, -0.15) is 0 Å². The van der Waals surface area contributed by atoms with Crippen LogP contribution in [-0.2, 0) is 14.3 Å². The molecule has 0 heterocycles. The predicted molar refractivity (Wildman–Crippen MR) is 80.5 cm³/mol. The number of carbonyl (C=O) groups excluding carboxylic acids is 3. The molecule has 1 aromatic carbocycles. The molecule has 1 atom stereocenters. The lowest BCUT2D eigenvalue weighted by molar-refractivity contribution is -0.143. The summed E-state index contributed by atoms with van der Waals surface area (Å²) < 4.78 is 9.32. The summed E-state index contributed by atoms with van der Waals surface area (Å²) in [6.45, 7) is 3.89. The van der Waals surface area contributed by atoms with Crippen LogP contribution < -0.4 is 5.32 Å². The van der Waals surface area contributed by atoms with Crippen LogP contribution in [0.1, 0.15) is 41.0 Å². The molecule has 1 rings (SSSR count). The first-order chi connectivity index (χ1) is 10.4. The van der Waals surface area contributed by atoms with Crippen molar-refractivity contribution < 1.29 is 23.9 Å². The van der Waals surface area contributed by atoms with Crippen molar-refractivity contribution in [1.29, 1.82) is 0 Å². The Morgan fingerprint density at radius 2 is 1.73 bits per heavy atom. The zero-order valence-corrected chi connectivity index (χ0v) is 13.2. The van der Waals surface area contributed by atoms with Crippen LogP contribution in [0.25, 0.3) is 0 Å². The van der Waals surface area contributed by atoms with Crippen molar-refractivity contribution in [2.24, 2.45) is 5.92 Å². The van der Waals surface area contributed by atoms with Gasteiger partial charge in [0.05, 0.1) is 19.8 Å². The molecule has 0 radical (unpaired) electrons. The first-order valence-electron chi connectivity index (χ1n) is 6.96. The van der Waals surface area contributed by atoms with E-state index in [2.05, 4.69) is 10.1 Å². The number of hydrogen-bond acceptors (Lipinski definition) is 5. The van der Waals surface area contributed by atoms with Crippen LogP contribution in [0.3, 0.4) is 0 Å². The molecule has 0 aliphatic heterocycles. The molecule has 1 N–H and O–H groups in total. The molecule has 0 fully saturated rings. The van der Waals surface area contributed by atoms with Gasteiger partial charge in [0.15, 0.2) is 0 Å². The van der Waals surface area contributed by atoms with Gasteiger partial charge in [-0.1, -0.05) is 19.9 Å². The van der Waals surface area contributed by atoms with E-state index in [9.17, 15) is 14.4 Å². The molecule has 1 amide bonds. The summed E-state index contributed by atoms with van der Waals surface area (Å²) in [5.74, 6) is -1.25. The van der Waals surface area contributed by atoms with Crippen LogP contribution in [0, 0.1) is 5.92 Å². The fourth-order valence-corrected chi connectivity index (χ4v) is 1.97. The molecule has 0 spiro atoms. The maximum Gasteiger partial charge on any atom is 0.337 e. The molecule has 6 nitrogen and oxygen atoms in total. The quantitative estimate of drug-likeness (QED) is 0.810. The number of esters is 2. The first kappa shape index (κ1) is 17.7. The van der Waals surface area contributed by atoms with Gasteiger partial charge >= 0.3 is 11.9 Å². The predicted octanol–water partition coefficient (Wildman–Crippen LogP) is 1.79. The minimum atomic E-state index is -0.723. The summed E-state index contributed by atoms with van der Waals surface area (Å²) in [6.07, 6.45) is 0.467. The van der Waals surface area contributed by atoms with Crippen LogP contribution in [-0.4, -0.2) is 38.1 Å². The van der Waals surface area contributed by atoms with Crippen LogP contribution in [0.4, 0.5) is 0 Å². The zero-order chi connectivity index (χ0) is 16.7. The van der Waals surface area contributed by atoms with Gasteiger partial charge in [0.25, 0.3) is 5.91 Å². The highest BCUT2D eigenvalue weighted by Gasteiger charge is 2.23. The fourth-order valence-electron chi connectivity index (χ4n) is 1.97. The van der Waals surface area contributed by atoms with Gasteiger partial charge in [0.2, 0.25) is 0 Å². The lowest BCUT2D eigenvalue weighted by atomic mass is 10.0. The number of ether oxygens (including phenoxy) is 2. The summed E-state index contributed by atoms with van der Waals surface area (Å²) in [5, 5.41) is 2.63. The van der Waals surface area contributed by atoms with Gasteiger partial charge in [0, 0.05) is 5.56 Å². The fraction of sp³-hybridized carbons (Fsp3) is 0.438. The summed E-state index contributed by atoms with van der Waals surface area (Å²) in [7, 11) is 2.55. The number of hydrogen-bond donors (Lipinski definition) is 1. The minimum Gasteiger partial charge on any atom is -0.467 e. The highest BCUT2D eigenvalue weighted by Crippen LogP contribution is 2.10. The molecule has 120 valence electrons. The third-order valence-electron chi connectivity index (χ3n) is 3.04. The van der Waals surface area contributed by atoms with Gasteiger partial charge in [-0.15, -0.1) is 0 Å². The van der Waals surface area contributed by atoms with Crippen molar-refractivity contribution in [3.8, 4) is 0 Å². The maximum atomic E-state index is 12.2. The highest BCUT2D eigenvalue weighted by molar-refractivity contribution is 5.99. The van der Waals surface area contributed by atoms with E-state index in [1.807, 2.05) is 13.8 Å². The summed E-state index contributed by atoms with van der Waals surface area (Å²) in [5.41, 5.74) is 0.550. The number of nitrogens with one attached hydrogen (secondary N) is 1. The van der Waals surface area contributed by atoms with E-state index in [4.69, 9.17) is 4.74 Å². The van der Waals surface area contributed by atoms with E-state index in [1.165, 1.54) is 20.3 Å². The molecule has 22 heavy (non-hydrogen) atoms. The molecule has 1 aromatic rings. The summed E-state index contributed by atoms with van der Waals surface area (Å²) in [4.78, 5) is 35.5. The molecule has 0 aromatic heterocycles. The Balaban J connectivity index is 2.90. The van der Waals surface area contributed by atoms with E-state index in [0.29, 0.717) is 6.42 Å². The van der Waals surface area contributed by atoms with E-state index in [0.717, 1.165) is 0 Å². The lowest BCUT2D eigenvalue weighted by Gasteiger charge is -2.18. The molecule has 0 bridgehead atoms. The number of rotatable bonds is 6. The lowest BCUT2D eigenvalue weighted by Crippen LogP contribution is -2.42. The van der Waals surface area contributed by atoms with E-state index >= 15 is 0 Å². The van der Waals surface area contributed by atoms with Gasteiger partial charge in [-0.05, 0) is 30.5 Å². The molecular formula is C16H21NO5. The van der Waals surface area contributed by atoms with Crippen molar-refractivity contribution in [1.82, 2.24) is 5.32 Å². The van der Waals surface area contributed by atoms with E-state index < -0.39 is 23.9 Å². The Morgan fingerprint density at radius 1 is 1.09 bits per heavy atom. The molecule has 6 heteroatoms. The van der Waals surface area contributed by atoms with E-state index in [1.54, 1.807) is 18.2 Å². The van der Waals surface area contributed by atoms with Crippen molar-refractivity contribution in [2.75, 3.05) is 14.2 Å². The Morgan fingerprint density at radius 3 is 2.27 bits per heavy atom. The van der Waals surface area contributed by atoms with Gasteiger partial charge in [-0.25, -0.2) is 9.59 Å². The molecule has 0 aliphatic carbocycles. The largest absolute Gasteiger partial charge is 0.467 e. The third kappa shape index (κ3) is 4.87. The number of methoxy groups -OCH3 is 2. The summed E-state index contributed by atoms with van der Waals surface area (Å²) >= 11 is 0. The maximum absolute atomic E-state index is 12.2. The van der Waals surface area contributed by atoms with Crippen molar-refractivity contribution in [2.45, 2.75) is 26.3 Å². The molecule has 0 aliphatic rings. The standard InChI is InChI=1S/C16H21NO5/c1-10(2)8-13(16(20)22-4)17-14(18)11-6-5-7-12(9-11)15(19)21-3/h5-7,9-10,13H,8H2,1-4H3,(H,17,18)/t13-/m0/s1. The van der Waals surface area contributed by atoms with Crippen LogP contribution in [0.2, 0.25) is 0 Å². The Bertz CT molecular complexity index is 553. The minimum absolute atomic E-state index is 0.214. The number of amides is 1. The van der Waals surface area contributed by atoms with Crippen LogP contribution >= 0.6 is 0 Å². The molecule has 0 unspecified atom stereocenters. The number of benzene rings is 1. The van der Waals surface area contributed by atoms with Gasteiger partial charge in [0.1, 0.15) is 6.04 Å². The second-order valence-corrected chi connectivity index (χ2v) is 5.25. The Kier molecular flexibility index (Phi) is 6.56. The monoisotopic (exact) mass is 307 g/mol. The molecule has 0 saturated carbocycles. The Hall–Kier alpha value is -2.37. The summed E-state index contributed by atoms with van der Waals surface area (Å²) in [6, 6.07) is 5.39. The topological polar surface area (TPSA) is 81.7 Å². The second-order valence-electron chi connectivity index (χ2n) is 5.25. The normalized spacial score (nSPS) is 11.7. The Labute approximate surface area is 129 Å². The van der Waals surface area contributed by atoms with Crippen molar-refractivity contribution in [3.63, 3.8) is 0 Å². The molecular weight excluding hydrogens is 286 g/mol. The average Bonchev–Trinajstić information content (AvgIpc) is 2.52. The molecule has 0 saturated heterocycles. The smallest absolute Gasteiger partial charge is 0.337 e. The van der Waals surface area contributed by atoms with Crippen LogP contribution in [0.5, 0.6) is 0 Å². The highest BCUT2D eigenvalue weighted by atomic mass is 16.5. The number of carbonyl (C=O) groups is 3. The van der Waals surface area contributed by atoms with E-state index in [-0.39, 0.29) is 17.0 Å². The SMILES string of the molecule is COC(=O)c1cccc(C(=O)N[C@@H](CC(C)C)C(=O)OC)c1. The van der Waals surface area contributed by atoms with Gasteiger partial charge < -0.3 is 14.8 Å². The van der Waals surface area contributed by atoms with Crippen molar-refractivity contribution in [3.05, 3.63) is 35.4 Å². The van der Waals surface area contributed by atoms with Crippen molar-refractivity contribution >= 4 is 17.8 Å². The van der Waals surface area contributed by atoms with Gasteiger partial charge in [-0.3, -0.25) is 4.79 Å².